The van der Waals surface area contributed by atoms with Crippen LogP contribution in [0.15, 0.2) is 55.0 Å². The smallest absolute Gasteiger partial charge is 0.268 e. The lowest BCUT2D eigenvalue weighted by Gasteiger charge is -2.18. The summed E-state index contributed by atoms with van der Waals surface area (Å²) >= 11 is 0. The standard InChI is InChI=1S/C26H22F2N4O2/c1-17(19-3-2-9-30-15-19)11-18-4-5-23-22(12-18)21(8-10-31-23)24(33)6-7-25(34)32-16-26(27,28)13-20(32)14-29/h2-5,8-12,15,20H,6-7,13,16H2,1H3/b17-11+/t20-/m0/s1. The molecule has 1 amide bonds. The van der Waals surface area contributed by atoms with Crippen molar-refractivity contribution in [3.05, 3.63) is 71.7 Å². The topological polar surface area (TPSA) is 87.0 Å². The van der Waals surface area contributed by atoms with Crippen LogP contribution in [0.4, 0.5) is 8.78 Å². The Balaban J connectivity index is 1.53. The number of Topliss-reactive ketones (excluding diaryl/α,β-unsaturated/α-hetero) is 1. The Morgan fingerprint density at radius 3 is 2.79 bits per heavy atom. The summed E-state index contributed by atoms with van der Waals surface area (Å²) < 4.78 is 27.3. The van der Waals surface area contributed by atoms with Crippen LogP contribution in [0.1, 0.15) is 47.7 Å². The quantitative estimate of drug-likeness (QED) is 0.488. The number of hydrogen-bond donors (Lipinski definition) is 0. The van der Waals surface area contributed by atoms with Crippen molar-refractivity contribution in [2.24, 2.45) is 0 Å². The monoisotopic (exact) mass is 460 g/mol. The highest BCUT2D eigenvalue weighted by Gasteiger charge is 2.47. The molecule has 0 N–H and O–H groups in total. The highest BCUT2D eigenvalue weighted by molar-refractivity contribution is 6.08. The average Bonchev–Trinajstić information content (AvgIpc) is 3.17. The Morgan fingerprint density at radius 2 is 2.06 bits per heavy atom. The number of carbonyl (C=O) groups excluding carboxylic acids is 2. The van der Waals surface area contributed by atoms with Crippen LogP contribution >= 0.6 is 0 Å². The van der Waals surface area contributed by atoms with Crippen molar-refractivity contribution in [1.29, 1.82) is 5.26 Å². The average molecular weight is 460 g/mol. The molecule has 1 atom stereocenters. The molecule has 0 saturated carbocycles. The lowest BCUT2D eigenvalue weighted by Crippen LogP contribution is -2.36. The molecule has 1 aliphatic rings. The number of likely N-dealkylation sites (tertiary alicyclic amines) is 1. The summed E-state index contributed by atoms with van der Waals surface area (Å²) in [5.41, 5.74) is 3.91. The van der Waals surface area contributed by atoms with Gasteiger partial charge in [0.1, 0.15) is 6.04 Å². The lowest BCUT2D eigenvalue weighted by atomic mass is 9.99. The summed E-state index contributed by atoms with van der Waals surface area (Å²) in [5.74, 6) is -3.99. The van der Waals surface area contributed by atoms with E-state index >= 15 is 0 Å². The van der Waals surface area contributed by atoms with Gasteiger partial charge in [-0.05, 0) is 47.9 Å². The van der Waals surface area contributed by atoms with Crippen LogP contribution < -0.4 is 0 Å². The maximum absolute atomic E-state index is 13.6. The summed E-state index contributed by atoms with van der Waals surface area (Å²) in [6.07, 6.45) is 5.93. The molecule has 172 valence electrons. The molecular formula is C26H22F2N4O2. The zero-order valence-electron chi connectivity index (χ0n) is 18.5. The summed E-state index contributed by atoms with van der Waals surface area (Å²) in [6.45, 7) is 1.18. The van der Waals surface area contributed by atoms with E-state index in [2.05, 4.69) is 9.97 Å². The normalized spacial score (nSPS) is 17.5. The van der Waals surface area contributed by atoms with Crippen molar-refractivity contribution in [3.8, 4) is 6.07 Å². The van der Waals surface area contributed by atoms with Gasteiger partial charge in [0, 0.05) is 48.8 Å². The number of ketones is 1. The number of amides is 1. The molecule has 6 nitrogen and oxygen atoms in total. The van der Waals surface area contributed by atoms with Crippen LogP contribution in [0.3, 0.4) is 0 Å². The summed E-state index contributed by atoms with van der Waals surface area (Å²) in [5, 5.41) is 9.74. The predicted octanol–water partition coefficient (Wildman–Crippen LogP) is 4.91. The predicted molar refractivity (Wildman–Crippen MR) is 124 cm³/mol. The first-order valence-corrected chi connectivity index (χ1v) is 10.8. The molecule has 3 aromatic rings. The second-order valence-electron chi connectivity index (χ2n) is 8.35. The number of carbonyl (C=O) groups is 2. The van der Waals surface area contributed by atoms with Gasteiger partial charge in [-0.1, -0.05) is 18.2 Å². The molecule has 0 spiro atoms. The van der Waals surface area contributed by atoms with Crippen LogP contribution in [-0.2, 0) is 4.79 Å². The Labute approximate surface area is 195 Å². The first-order chi connectivity index (χ1) is 16.3. The number of rotatable bonds is 6. The highest BCUT2D eigenvalue weighted by Crippen LogP contribution is 2.32. The Hall–Kier alpha value is -3.99. The number of halogens is 2. The molecule has 0 radical (unpaired) electrons. The lowest BCUT2D eigenvalue weighted by molar-refractivity contribution is -0.132. The first kappa shape index (κ1) is 23.2. The largest absolute Gasteiger partial charge is 0.320 e. The molecule has 1 fully saturated rings. The molecule has 0 bridgehead atoms. The van der Waals surface area contributed by atoms with Crippen molar-refractivity contribution in [3.63, 3.8) is 0 Å². The second kappa shape index (κ2) is 9.48. The third-order valence-corrected chi connectivity index (χ3v) is 5.87. The van der Waals surface area contributed by atoms with Crippen molar-refractivity contribution in [2.75, 3.05) is 6.54 Å². The molecule has 0 aliphatic carbocycles. The van der Waals surface area contributed by atoms with Gasteiger partial charge in [0.05, 0.1) is 18.1 Å². The van der Waals surface area contributed by atoms with E-state index < -0.39 is 30.8 Å². The second-order valence-corrected chi connectivity index (χ2v) is 8.35. The number of pyridine rings is 2. The van der Waals surface area contributed by atoms with Gasteiger partial charge < -0.3 is 4.90 Å². The van der Waals surface area contributed by atoms with E-state index in [1.807, 2.05) is 43.3 Å². The molecule has 1 saturated heterocycles. The minimum absolute atomic E-state index is 0.146. The fraction of sp³-hybridized carbons (Fsp3) is 0.269. The number of nitriles is 1. The Morgan fingerprint density at radius 1 is 1.24 bits per heavy atom. The van der Waals surface area contributed by atoms with Gasteiger partial charge >= 0.3 is 0 Å². The minimum atomic E-state index is -3.08. The Kier molecular flexibility index (Phi) is 6.46. The summed E-state index contributed by atoms with van der Waals surface area (Å²) in [4.78, 5) is 34.8. The molecule has 3 heterocycles. The van der Waals surface area contributed by atoms with Crippen molar-refractivity contribution in [2.45, 2.75) is 38.2 Å². The number of nitrogens with zero attached hydrogens (tertiary/aromatic N) is 4. The number of aromatic nitrogens is 2. The van der Waals surface area contributed by atoms with Gasteiger partial charge in [0.2, 0.25) is 5.91 Å². The maximum atomic E-state index is 13.6. The van der Waals surface area contributed by atoms with Crippen molar-refractivity contribution in [1.82, 2.24) is 14.9 Å². The molecular weight excluding hydrogens is 438 g/mol. The molecule has 4 rings (SSSR count). The fourth-order valence-electron chi connectivity index (χ4n) is 4.12. The third kappa shape index (κ3) is 4.99. The number of benzene rings is 1. The van der Waals surface area contributed by atoms with E-state index in [1.165, 1.54) is 6.20 Å². The number of allylic oxidation sites excluding steroid dienone is 1. The van der Waals surface area contributed by atoms with Gasteiger partial charge in [-0.3, -0.25) is 19.6 Å². The molecule has 1 aromatic carbocycles. The van der Waals surface area contributed by atoms with Crippen LogP contribution in [0.5, 0.6) is 0 Å². The SMILES string of the molecule is C/C(=C\c1ccc2nccc(C(=O)CCC(=O)N3CC(F)(F)C[C@H]3C#N)c2c1)c1cccnc1. The van der Waals surface area contributed by atoms with E-state index in [-0.39, 0.29) is 18.6 Å². The molecule has 2 aromatic heterocycles. The van der Waals surface area contributed by atoms with Crippen LogP contribution in [0, 0.1) is 11.3 Å². The summed E-state index contributed by atoms with van der Waals surface area (Å²) in [7, 11) is 0. The molecule has 8 heteroatoms. The zero-order chi connectivity index (χ0) is 24.3. The molecule has 34 heavy (non-hydrogen) atoms. The van der Waals surface area contributed by atoms with Crippen LogP contribution in [0.2, 0.25) is 0 Å². The van der Waals surface area contributed by atoms with Gasteiger partial charge in [-0.25, -0.2) is 8.78 Å². The van der Waals surface area contributed by atoms with E-state index in [0.717, 1.165) is 21.6 Å². The maximum Gasteiger partial charge on any atom is 0.268 e. The Bertz CT molecular complexity index is 1320. The van der Waals surface area contributed by atoms with E-state index in [1.54, 1.807) is 24.5 Å². The van der Waals surface area contributed by atoms with Crippen molar-refractivity contribution >= 4 is 34.2 Å². The number of fused-ring (bicyclic) bond motifs is 1. The van der Waals surface area contributed by atoms with Gasteiger partial charge in [0.25, 0.3) is 5.92 Å². The van der Waals surface area contributed by atoms with Crippen LogP contribution in [-0.4, -0.2) is 45.1 Å². The molecule has 0 unspecified atom stereocenters. The minimum Gasteiger partial charge on any atom is -0.320 e. The zero-order valence-corrected chi connectivity index (χ0v) is 18.5. The molecule has 1 aliphatic heterocycles. The van der Waals surface area contributed by atoms with E-state index in [0.29, 0.717) is 16.5 Å². The van der Waals surface area contributed by atoms with E-state index in [9.17, 15) is 18.4 Å². The van der Waals surface area contributed by atoms with Gasteiger partial charge in [0.15, 0.2) is 5.78 Å². The fourth-order valence-corrected chi connectivity index (χ4v) is 4.12. The number of alkyl halides is 2. The highest BCUT2D eigenvalue weighted by atomic mass is 19.3. The summed E-state index contributed by atoms with van der Waals surface area (Å²) in [6, 6.07) is 11.6. The third-order valence-electron chi connectivity index (χ3n) is 5.87. The van der Waals surface area contributed by atoms with Crippen LogP contribution in [0.25, 0.3) is 22.6 Å². The number of hydrogen-bond acceptors (Lipinski definition) is 5. The first-order valence-electron chi connectivity index (χ1n) is 10.8. The van der Waals surface area contributed by atoms with E-state index in [4.69, 9.17) is 5.26 Å². The van der Waals surface area contributed by atoms with Gasteiger partial charge in [-0.15, -0.1) is 0 Å². The van der Waals surface area contributed by atoms with Gasteiger partial charge in [-0.2, -0.15) is 5.26 Å². The van der Waals surface area contributed by atoms with Crippen molar-refractivity contribution < 1.29 is 18.4 Å².